The molecule has 0 N–H and O–H groups in total. The molecule has 0 aromatic rings. The fourth-order valence-corrected chi connectivity index (χ4v) is 3.32. The van der Waals surface area contributed by atoms with Crippen molar-refractivity contribution in [2.75, 3.05) is 5.94 Å². The molecule has 0 radical (unpaired) electrons. The van der Waals surface area contributed by atoms with Gasteiger partial charge >= 0.3 is 5.97 Å². The zero-order chi connectivity index (χ0) is 12.8. The Hall–Kier alpha value is -0.180. The van der Waals surface area contributed by atoms with Gasteiger partial charge in [0.15, 0.2) is 0 Å². The average molecular weight is 258 g/mol. The normalized spacial score (nSPS) is 29.4. The lowest BCUT2D eigenvalue weighted by atomic mass is 9.68. The second kappa shape index (κ2) is 7.30. The summed E-state index contributed by atoms with van der Waals surface area (Å²) in [4.78, 5) is 11.4. The Bertz CT molecular complexity index is 240. The second-order valence-electron chi connectivity index (χ2n) is 5.77. The van der Waals surface area contributed by atoms with Gasteiger partial charge in [0.2, 0.25) is 0 Å². The van der Waals surface area contributed by atoms with Crippen molar-refractivity contribution in [3.63, 3.8) is 0 Å². The number of ether oxygens (including phenoxy) is 1. The van der Waals surface area contributed by atoms with Crippen molar-refractivity contribution in [2.45, 2.75) is 52.9 Å². The minimum Gasteiger partial charge on any atom is -0.455 e. The number of carbonyl (C=O) groups is 1. The topological polar surface area (TPSA) is 26.3 Å². The molecule has 1 aliphatic rings. The third-order valence-electron chi connectivity index (χ3n) is 4.10. The quantitative estimate of drug-likeness (QED) is 0.460. The van der Waals surface area contributed by atoms with Gasteiger partial charge in [0, 0.05) is 6.42 Å². The van der Waals surface area contributed by atoms with Crippen LogP contribution < -0.4 is 0 Å². The molecule has 0 aliphatic heterocycles. The molecule has 1 rings (SSSR count). The van der Waals surface area contributed by atoms with Crippen LogP contribution in [0.3, 0.4) is 0 Å². The van der Waals surface area contributed by atoms with Crippen LogP contribution in [0.25, 0.3) is 0 Å². The van der Waals surface area contributed by atoms with Crippen molar-refractivity contribution >= 4 is 18.6 Å². The molecular weight excluding hydrogens is 232 g/mol. The lowest BCUT2D eigenvalue weighted by Gasteiger charge is -2.37. The van der Waals surface area contributed by atoms with Gasteiger partial charge in [-0.1, -0.05) is 27.2 Å². The molecule has 1 saturated carbocycles. The van der Waals surface area contributed by atoms with Crippen LogP contribution in [0.1, 0.15) is 52.9 Å². The molecule has 100 valence electrons. The van der Waals surface area contributed by atoms with Gasteiger partial charge < -0.3 is 4.74 Å². The summed E-state index contributed by atoms with van der Waals surface area (Å²) in [6.07, 6.45) is 5.49. The highest BCUT2D eigenvalue weighted by Crippen LogP contribution is 2.40. The lowest BCUT2D eigenvalue weighted by Crippen LogP contribution is -2.28. The second-order valence-corrected chi connectivity index (χ2v) is 6.03. The Morgan fingerprint density at radius 2 is 2.12 bits per heavy atom. The first-order valence-electron chi connectivity index (χ1n) is 6.81. The molecule has 0 bridgehead atoms. The Balaban J connectivity index is 2.43. The summed E-state index contributed by atoms with van der Waals surface area (Å²) in [5.74, 6) is 3.14. The van der Waals surface area contributed by atoms with E-state index in [0.717, 1.165) is 24.2 Å². The van der Waals surface area contributed by atoms with E-state index < -0.39 is 0 Å². The molecule has 0 spiro atoms. The van der Waals surface area contributed by atoms with Crippen molar-refractivity contribution in [1.29, 1.82) is 0 Å². The highest BCUT2D eigenvalue weighted by Gasteiger charge is 2.30. The average Bonchev–Trinajstić information content (AvgIpc) is 2.26. The Labute approximate surface area is 111 Å². The maximum atomic E-state index is 11.4. The van der Waals surface area contributed by atoms with Crippen LogP contribution in [-0.2, 0) is 9.53 Å². The van der Waals surface area contributed by atoms with Crippen molar-refractivity contribution < 1.29 is 9.53 Å². The van der Waals surface area contributed by atoms with Crippen LogP contribution in [0.2, 0.25) is 0 Å². The van der Waals surface area contributed by atoms with Crippen LogP contribution in [0.5, 0.6) is 0 Å². The first-order chi connectivity index (χ1) is 8.04. The highest BCUT2D eigenvalue weighted by molar-refractivity contribution is 7.80. The van der Waals surface area contributed by atoms with E-state index in [0.29, 0.717) is 12.3 Å². The molecule has 1 aliphatic carbocycles. The number of esters is 1. The summed E-state index contributed by atoms with van der Waals surface area (Å²) in [5.41, 5.74) is 0. The Morgan fingerprint density at radius 1 is 1.41 bits per heavy atom. The molecule has 0 saturated heterocycles. The molecular formula is C14H26O2S. The predicted octanol–water partition coefficient (Wildman–Crippen LogP) is 3.91. The molecule has 3 atom stereocenters. The minimum absolute atomic E-state index is 0.0965. The fourth-order valence-electron chi connectivity index (χ4n) is 3.18. The van der Waals surface area contributed by atoms with E-state index in [9.17, 15) is 4.79 Å². The Kier molecular flexibility index (Phi) is 6.39. The summed E-state index contributed by atoms with van der Waals surface area (Å²) in [7, 11) is 0. The van der Waals surface area contributed by atoms with Crippen molar-refractivity contribution in [3.05, 3.63) is 0 Å². The number of thiol groups is 1. The maximum absolute atomic E-state index is 11.4. The number of rotatable bonds is 5. The van der Waals surface area contributed by atoms with E-state index in [1.807, 2.05) is 0 Å². The van der Waals surface area contributed by atoms with Gasteiger partial charge in [0.1, 0.15) is 5.94 Å². The zero-order valence-electron chi connectivity index (χ0n) is 11.3. The van der Waals surface area contributed by atoms with Crippen LogP contribution in [0.15, 0.2) is 0 Å². The van der Waals surface area contributed by atoms with E-state index in [-0.39, 0.29) is 11.9 Å². The van der Waals surface area contributed by atoms with Crippen LogP contribution >= 0.6 is 12.6 Å². The van der Waals surface area contributed by atoms with Gasteiger partial charge in [-0.05, 0) is 42.9 Å². The fraction of sp³-hybridized carbons (Fsp3) is 0.929. The number of carbonyl (C=O) groups excluding carboxylic acids is 1. The molecule has 0 aromatic carbocycles. The van der Waals surface area contributed by atoms with Gasteiger partial charge in [-0.2, -0.15) is 0 Å². The van der Waals surface area contributed by atoms with Crippen LogP contribution in [0.4, 0.5) is 0 Å². The predicted molar refractivity (Wildman–Crippen MR) is 74.0 cm³/mol. The molecule has 0 heterocycles. The molecule has 3 heteroatoms. The first-order valence-corrected chi connectivity index (χ1v) is 7.44. The third-order valence-corrected chi connectivity index (χ3v) is 4.23. The van der Waals surface area contributed by atoms with Crippen molar-refractivity contribution in [3.8, 4) is 0 Å². The highest BCUT2D eigenvalue weighted by atomic mass is 32.1. The summed E-state index contributed by atoms with van der Waals surface area (Å²) in [5, 5.41) is 0. The third kappa shape index (κ3) is 4.90. The van der Waals surface area contributed by atoms with Gasteiger partial charge in [0.05, 0.1) is 0 Å². The Morgan fingerprint density at radius 3 is 2.71 bits per heavy atom. The van der Waals surface area contributed by atoms with Crippen LogP contribution in [0, 0.1) is 23.7 Å². The van der Waals surface area contributed by atoms with Gasteiger partial charge in [-0.15, -0.1) is 12.6 Å². The minimum atomic E-state index is -0.0965. The summed E-state index contributed by atoms with van der Waals surface area (Å²) < 4.78 is 4.88. The monoisotopic (exact) mass is 258 g/mol. The lowest BCUT2D eigenvalue weighted by molar-refractivity contribution is -0.141. The van der Waals surface area contributed by atoms with Crippen molar-refractivity contribution in [2.24, 2.45) is 23.7 Å². The molecule has 17 heavy (non-hydrogen) atoms. The van der Waals surface area contributed by atoms with E-state index >= 15 is 0 Å². The van der Waals surface area contributed by atoms with Crippen molar-refractivity contribution in [1.82, 2.24) is 0 Å². The standard InChI is InChI=1S/C14H26O2S/c1-10(2)13-6-4-11(3)8-12(13)5-7-14(15)16-9-17/h10-13,17H,4-9H2,1-3H3. The number of hydrogen-bond acceptors (Lipinski definition) is 3. The summed E-state index contributed by atoms with van der Waals surface area (Å²) >= 11 is 3.90. The van der Waals surface area contributed by atoms with E-state index in [4.69, 9.17) is 4.74 Å². The zero-order valence-corrected chi connectivity index (χ0v) is 12.2. The SMILES string of the molecule is CC1CCC(C(C)C)C(CCC(=O)OCS)C1. The van der Waals surface area contributed by atoms with E-state index in [2.05, 4.69) is 33.4 Å². The maximum Gasteiger partial charge on any atom is 0.306 e. The molecule has 2 nitrogen and oxygen atoms in total. The van der Waals surface area contributed by atoms with E-state index in [1.54, 1.807) is 0 Å². The molecule has 0 amide bonds. The molecule has 0 aromatic heterocycles. The first kappa shape index (κ1) is 14.9. The largest absolute Gasteiger partial charge is 0.455 e. The molecule has 3 unspecified atom stereocenters. The van der Waals surface area contributed by atoms with Gasteiger partial charge in [0.25, 0.3) is 0 Å². The van der Waals surface area contributed by atoms with E-state index in [1.165, 1.54) is 19.3 Å². The summed E-state index contributed by atoms with van der Waals surface area (Å²) in [6.45, 7) is 6.94. The van der Waals surface area contributed by atoms with Gasteiger partial charge in [-0.3, -0.25) is 4.79 Å². The molecule has 1 fully saturated rings. The smallest absolute Gasteiger partial charge is 0.306 e. The van der Waals surface area contributed by atoms with Crippen LogP contribution in [-0.4, -0.2) is 11.9 Å². The van der Waals surface area contributed by atoms with Gasteiger partial charge in [-0.25, -0.2) is 0 Å². The summed E-state index contributed by atoms with van der Waals surface area (Å²) in [6, 6.07) is 0. The number of hydrogen-bond donors (Lipinski definition) is 1.